The standard InChI is InChI=1S/C18H38N4O4.2ClH/c23-15-17(25)13-19-1-5-21(6-2-19)9-11-22(12-10-21)7-3-20(4-8-22)14-18(26)16-24;;/h17-18,23-26H,1-16H2;2*1H/q+2;;/p-2. The number of hydrogen-bond donors (Lipinski definition) is 4. The second-order valence-corrected chi connectivity index (χ2v) is 8.75. The molecule has 0 amide bonds. The lowest BCUT2D eigenvalue weighted by atomic mass is 10.1. The van der Waals surface area contributed by atoms with E-state index in [1.165, 1.54) is 35.1 Å². The number of aliphatic hydroxyl groups is 4. The number of quaternary nitrogens is 2. The van der Waals surface area contributed by atoms with Crippen molar-refractivity contribution in [3.05, 3.63) is 0 Å². The number of hydrogen-bond acceptors (Lipinski definition) is 6. The number of β-amino-alcohol motifs (C(OH)–C–C–N with tert-alkyl or cyclic N) is 2. The Kier molecular flexibility index (Phi) is 10.9. The normalized spacial score (nSPS) is 27.0. The van der Waals surface area contributed by atoms with Crippen LogP contribution in [0.4, 0.5) is 0 Å². The molecule has 168 valence electrons. The maximum absolute atomic E-state index is 9.64. The van der Waals surface area contributed by atoms with Gasteiger partial charge in [0.2, 0.25) is 0 Å². The predicted octanol–water partition coefficient (Wildman–Crippen LogP) is -9.02. The fourth-order valence-corrected chi connectivity index (χ4v) is 4.90. The Hall–Kier alpha value is 0.260. The van der Waals surface area contributed by atoms with Crippen LogP contribution in [0.2, 0.25) is 0 Å². The molecular weight excluding hydrogens is 407 g/mol. The maximum atomic E-state index is 9.64. The van der Waals surface area contributed by atoms with E-state index in [1.54, 1.807) is 0 Å². The quantitative estimate of drug-likeness (QED) is 0.304. The molecule has 0 saturated carbocycles. The van der Waals surface area contributed by atoms with E-state index in [1.807, 2.05) is 0 Å². The maximum Gasteiger partial charge on any atom is 0.129 e. The molecule has 0 aromatic heterocycles. The van der Waals surface area contributed by atoms with Gasteiger partial charge in [-0.05, 0) is 0 Å². The van der Waals surface area contributed by atoms with Gasteiger partial charge in [0.1, 0.15) is 26.2 Å². The van der Waals surface area contributed by atoms with Crippen molar-refractivity contribution in [1.82, 2.24) is 9.80 Å². The Morgan fingerprint density at radius 2 is 0.857 bits per heavy atom. The monoisotopic (exact) mass is 444 g/mol. The number of piperazine rings is 3. The van der Waals surface area contributed by atoms with Gasteiger partial charge in [0.25, 0.3) is 0 Å². The van der Waals surface area contributed by atoms with Crippen molar-refractivity contribution in [2.45, 2.75) is 12.2 Å². The molecule has 3 rings (SSSR count). The summed E-state index contributed by atoms with van der Waals surface area (Å²) in [6, 6.07) is 0. The summed E-state index contributed by atoms with van der Waals surface area (Å²) >= 11 is 0. The zero-order chi connectivity index (χ0) is 18.6. The van der Waals surface area contributed by atoms with Crippen molar-refractivity contribution in [3.8, 4) is 0 Å². The molecule has 0 bridgehead atoms. The van der Waals surface area contributed by atoms with Crippen LogP contribution in [0.25, 0.3) is 0 Å². The summed E-state index contributed by atoms with van der Waals surface area (Å²) in [6.45, 7) is 14.6. The Labute approximate surface area is 181 Å². The molecule has 28 heavy (non-hydrogen) atoms. The Bertz CT molecular complexity index is 395. The highest BCUT2D eigenvalue weighted by Gasteiger charge is 2.45. The molecule has 2 unspecified atom stereocenters. The molecule has 0 aromatic carbocycles. The first-order valence-corrected chi connectivity index (χ1v) is 10.2. The van der Waals surface area contributed by atoms with Crippen LogP contribution in [0.5, 0.6) is 0 Å². The second kappa shape index (κ2) is 11.6. The molecule has 3 aliphatic rings. The lowest BCUT2D eigenvalue weighted by Crippen LogP contribution is -3.00. The van der Waals surface area contributed by atoms with Gasteiger partial charge < -0.3 is 54.2 Å². The molecule has 10 heteroatoms. The summed E-state index contributed by atoms with van der Waals surface area (Å²) in [5.41, 5.74) is 0. The minimum Gasteiger partial charge on any atom is -1.00 e. The van der Waals surface area contributed by atoms with Gasteiger partial charge in [0, 0.05) is 39.3 Å². The zero-order valence-corrected chi connectivity index (χ0v) is 18.3. The van der Waals surface area contributed by atoms with E-state index in [9.17, 15) is 10.2 Å². The lowest BCUT2D eigenvalue weighted by Gasteiger charge is -2.54. The Morgan fingerprint density at radius 3 is 1.11 bits per heavy atom. The number of nitrogens with zero attached hydrogens (tertiary/aromatic N) is 4. The third kappa shape index (κ3) is 6.63. The van der Waals surface area contributed by atoms with Crippen molar-refractivity contribution < 1.29 is 54.2 Å². The molecule has 2 atom stereocenters. The molecule has 3 fully saturated rings. The first-order valence-electron chi connectivity index (χ1n) is 10.2. The number of rotatable bonds is 6. The van der Waals surface area contributed by atoms with Crippen LogP contribution in [0, 0.1) is 0 Å². The largest absolute Gasteiger partial charge is 1.00 e. The van der Waals surface area contributed by atoms with E-state index in [-0.39, 0.29) is 38.0 Å². The van der Waals surface area contributed by atoms with Crippen LogP contribution in [0.3, 0.4) is 0 Å². The van der Waals surface area contributed by atoms with E-state index in [0.717, 1.165) is 52.4 Å². The van der Waals surface area contributed by atoms with E-state index < -0.39 is 12.2 Å². The zero-order valence-electron chi connectivity index (χ0n) is 16.8. The van der Waals surface area contributed by atoms with Crippen molar-refractivity contribution in [1.29, 1.82) is 0 Å². The SMILES string of the molecule is OCC(O)CN1CC[N+]2(CC1)CC[N+]1(CCN(CC(O)CO)CC1)CC2.[Cl-].[Cl-]. The van der Waals surface area contributed by atoms with Gasteiger partial charge in [-0.1, -0.05) is 0 Å². The van der Waals surface area contributed by atoms with E-state index in [2.05, 4.69) is 9.80 Å². The van der Waals surface area contributed by atoms with E-state index in [0.29, 0.717) is 13.1 Å². The number of halogens is 2. The molecule has 3 aliphatic heterocycles. The summed E-state index contributed by atoms with van der Waals surface area (Å²) < 4.78 is 2.44. The lowest BCUT2D eigenvalue weighted by molar-refractivity contribution is -1.03. The van der Waals surface area contributed by atoms with Crippen LogP contribution < -0.4 is 24.8 Å². The van der Waals surface area contributed by atoms with Crippen LogP contribution in [-0.4, -0.2) is 156 Å². The van der Waals surface area contributed by atoms with Crippen LogP contribution in [-0.2, 0) is 0 Å². The third-order valence-electron chi connectivity index (χ3n) is 7.02. The summed E-state index contributed by atoms with van der Waals surface area (Å²) in [7, 11) is 0. The summed E-state index contributed by atoms with van der Waals surface area (Å²) in [4.78, 5) is 4.57. The molecule has 3 saturated heterocycles. The topological polar surface area (TPSA) is 87.4 Å². The van der Waals surface area contributed by atoms with Gasteiger partial charge in [-0.3, -0.25) is 9.80 Å². The molecule has 0 radical (unpaired) electrons. The van der Waals surface area contributed by atoms with Gasteiger partial charge in [-0.15, -0.1) is 0 Å². The van der Waals surface area contributed by atoms with Gasteiger partial charge in [-0.2, -0.15) is 0 Å². The van der Waals surface area contributed by atoms with Gasteiger partial charge >= 0.3 is 0 Å². The molecule has 8 nitrogen and oxygen atoms in total. The molecule has 4 N–H and O–H groups in total. The van der Waals surface area contributed by atoms with Crippen molar-refractivity contribution in [2.24, 2.45) is 0 Å². The minimum absolute atomic E-state index is 0. The Morgan fingerprint density at radius 1 is 0.571 bits per heavy atom. The van der Waals surface area contributed by atoms with Gasteiger partial charge in [0.15, 0.2) is 0 Å². The highest BCUT2D eigenvalue weighted by Crippen LogP contribution is 2.24. The predicted molar refractivity (Wildman–Crippen MR) is 98.5 cm³/mol. The number of aliphatic hydroxyl groups excluding tert-OH is 4. The molecular formula is C18H38Cl2N4O4. The van der Waals surface area contributed by atoms with Crippen molar-refractivity contribution in [2.75, 3.05) is 105 Å². The summed E-state index contributed by atoms with van der Waals surface area (Å²) in [5, 5.41) is 37.3. The Balaban J connectivity index is 0.00000196. The fourth-order valence-electron chi connectivity index (χ4n) is 4.90. The van der Waals surface area contributed by atoms with Gasteiger partial charge in [0.05, 0.1) is 51.6 Å². The third-order valence-corrected chi connectivity index (χ3v) is 7.02. The first-order chi connectivity index (χ1) is 12.5. The fraction of sp³-hybridized carbons (Fsp3) is 1.00. The highest BCUT2D eigenvalue weighted by molar-refractivity contribution is 4.72. The average Bonchev–Trinajstić information content (AvgIpc) is 2.68. The highest BCUT2D eigenvalue weighted by atomic mass is 35.5. The smallest absolute Gasteiger partial charge is 0.129 e. The van der Waals surface area contributed by atoms with E-state index in [4.69, 9.17) is 10.2 Å². The van der Waals surface area contributed by atoms with Crippen LogP contribution in [0.1, 0.15) is 0 Å². The molecule has 2 spiro atoms. The van der Waals surface area contributed by atoms with Crippen LogP contribution in [0.15, 0.2) is 0 Å². The minimum atomic E-state index is -0.614. The van der Waals surface area contributed by atoms with Gasteiger partial charge in [-0.25, -0.2) is 0 Å². The average molecular weight is 445 g/mol. The summed E-state index contributed by atoms with van der Waals surface area (Å²) in [6.07, 6.45) is -1.23. The van der Waals surface area contributed by atoms with E-state index >= 15 is 0 Å². The first kappa shape index (κ1) is 26.3. The second-order valence-electron chi connectivity index (χ2n) is 8.75. The molecule has 0 aromatic rings. The molecule has 0 aliphatic carbocycles. The van der Waals surface area contributed by atoms with Crippen LogP contribution >= 0.6 is 0 Å². The molecule has 3 heterocycles. The summed E-state index contributed by atoms with van der Waals surface area (Å²) in [5.74, 6) is 0. The van der Waals surface area contributed by atoms with Crippen molar-refractivity contribution in [3.63, 3.8) is 0 Å². The van der Waals surface area contributed by atoms with Crippen molar-refractivity contribution >= 4 is 0 Å².